The van der Waals surface area contributed by atoms with Gasteiger partial charge in [0.25, 0.3) is 0 Å². The van der Waals surface area contributed by atoms with Gasteiger partial charge < -0.3 is 11.1 Å². The van der Waals surface area contributed by atoms with Crippen molar-refractivity contribution >= 4 is 11.7 Å². The van der Waals surface area contributed by atoms with Gasteiger partial charge in [-0.15, -0.1) is 0 Å². The summed E-state index contributed by atoms with van der Waals surface area (Å²) in [4.78, 5) is 14.0. The normalized spacial score (nSPS) is 17.9. The van der Waals surface area contributed by atoms with E-state index < -0.39 is 0 Å². The molecule has 0 aliphatic carbocycles. The second kappa shape index (κ2) is 5.97. The zero-order chi connectivity index (χ0) is 13.0. The van der Waals surface area contributed by atoms with E-state index in [-0.39, 0.29) is 5.91 Å². The highest BCUT2D eigenvalue weighted by molar-refractivity contribution is 5.91. The van der Waals surface area contributed by atoms with Gasteiger partial charge >= 0.3 is 0 Å². The van der Waals surface area contributed by atoms with Crippen LogP contribution in [0, 0.1) is 0 Å². The highest BCUT2D eigenvalue weighted by atomic mass is 16.2. The van der Waals surface area contributed by atoms with Gasteiger partial charge in [0.15, 0.2) is 5.82 Å². The number of likely N-dealkylation sites (tertiary alicyclic amines) is 1. The van der Waals surface area contributed by atoms with Crippen LogP contribution in [0.25, 0.3) is 0 Å². The van der Waals surface area contributed by atoms with E-state index in [1.165, 1.54) is 0 Å². The van der Waals surface area contributed by atoms with Crippen LogP contribution in [0.5, 0.6) is 0 Å². The first kappa shape index (κ1) is 13.0. The average molecular weight is 251 g/mol. The topological polar surface area (TPSA) is 87.0 Å². The molecular formula is C12H21N5O. The van der Waals surface area contributed by atoms with Crippen LogP contribution >= 0.6 is 0 Å². The molecule has 1 amide bonds. The monoisotopic (exact) mass is 251 g/mol. The summed E-state index contributed by atoms with van der Waals surface area (Å²) in [6.07, 6.45) is 2.82. The number of H-pyrrole nitrogens is 1. The van der Waals surface area contributed by atoms with Crippen molar-refractivity contribution in [2.45, 2.75) is 32.2 Å². The predicted molar refractivity (Wildman–Crippen MR) is 70.2 cm³/mol. The number of aromatic amines is 1. The molecule has 2 heterocycles. The number of anilines is 1. The number of nitrogens with zero attached hydrogens (tertiary/aromatic N) is 2. The minimum atomic E-state index is -0.0142. The highest BCUT2D eigenvalue weighted by Gasteiger charge is 2.18. The van der Waals surface area contributed by atoms with Crippen molar-refractivity contribution in [1.82, 2.24) is 15.1 Å². The van der Waals surface area contributed by atoms with Crippen molar-refractivity contribution in [2.24, 2.45) is 5.73 Å². The Bertz CT molecular complexity index is 395. The first-order valence-corrected chi connectivity index (χ1v) is 6.49. The van der Waals surface area contributed by atoms with E-state index in [1.54, 1.807) is 0 Å². The number of nitrogens with two attached hydrogens (primary N) is 1. The number of carbonyl (C=O) groups excluding carboxylic acids is 1. The summed E-state index contributed by atoms with van der Waals surface area (Å²) in [6.45, 7) is 4.25. The molecule has 1 saturated heterocycles. The molecule has 2 rings (SSSR count). The van der Waals surface area contributed by atoms with Crippen molar-refractivity contribution in [2.75, 3.05) is 25.0 Å². The second-order valence-electron chi connectivity index (χ2n) is 4.79. The van der Waals surface area contributed by atoms with Crippen LogP contribution in [0.4, 0.5) is 5.82 Å². The van der Waals surface area contributed by atoms with Gasteiger partial charge in [-0.25, -0.2) is 0 Å². The van der Waals surface area contributed by atoms with Gasteiger partial charge in [0.2, 0.25) is 5.91 Å². The quantitative estimate of drug-likeness (QED) is 0.720. The van der Waals surface area contributed by atoms with Crippen LogP contribution < -0.4 is 11.1 Å². The molecule has 1 aliphatic heterocycles. The van der Waals surface area contributed by atoms with Crippen molar-refractivity contribution < 1.29 is 4.79 Å². The number of aryl methyl sites for hydroxylation is 1. The first-order chi connectivity index (χ1) is 8.67. The van der Waals surface area contributed by atoms with Gasteiger partial charge in [-0.05, 0) is 19.3 Å². The molecule has 1 aliphatic rings. The summed E-state index contributed by atoms with van der Waals surface area (Å²) in [7, 11) is 0. The Kier molecular flexibility index (Phi) is 4.33. The minimum Gasteiger partial charge on any atom is -0.328 e. The summed E-state index contributed by atoms with van der Waals surface area (Å²) >= 11 is 0. The Labute approximate surface area is 107 Å². The second-order valence-corrected chi connectivity index (χ2v) is 4.79. The third-order valence-electron chi connectivity index (χ3n) is 3.28. The molecule has 6 nitrogen and oxygen atoms in total. The maximum atomic E-state index is 11.8. The molecule has 1 aromatic heterocycles. The molecule has 1 aromatic rings. The molecule has 0 radical (unpaired) electrons. The zero-order valence-electron chi connectivity index (χ0n) is 10.8. The van der Waals surface area contributed by atoms with Crippen LogP contribution in [-0.4, -0.2) is 46.7 Å². The summed E-state index contributed by atoms with van der Waals surface area (Å²) in [6, 6.07) is 2.16. The van der Waals surface area contributed by atoms with E-state index >= 15 is 0 Å². The number of amides is 1. The predicted octanol–water partition coefficient (Wildman–Crippen LogP) is 0.334. The minimum absolute atomic E-state index is 0.0142. The van der Waals surface area contributed by atoms with Gasteiger partial charge in [-0.3, -0.25) is 14.8 Å². The number of nitrogens with one attached hydrogen (secondary N) is 2. The molecule has 6 heteroatoms. The van der Waals surface area contributed by atoms with E-state index in [0.717, 1.165) is 38.0 Å². The fraction of sp³-hybridized carbons (Fsp3) is 0.667. The van der Waals surface area contributed by atoms with Gasteiger partial charge in [0.1, 0.15) is 0 Å². The smallest absolute Gasteiger partial charge is 0.239 e. The highest BCUT2D eigenvalue weighted by Crippen LogP contribution is 2.09. The number of hydrogen-bond acceptors (Lipinski definition) is 4. The lowest BCUT2D eigenvalue weighted by Gasteiger charge is -2.29. The Hall–Kier alpha value is -1.40. The maximum Gasteiger partial charge on any atom is 0.239 e. The average Bonchev–Trinajstić information content (AvgIpc) is 2.79. The Morgan fingerprint density at radius 2 is 2.33 bits per heavy atom. The lowest BCUT2D eigenvalue weighted by atomic mass is 10.1. The van der Waals surface area contributed by atoms with Gasteiger partial charge in [0.05, 0.1) is 6.54 Å². The molecule has 18 heavy (non-hydrogen) atoms. The van der Waals surface area contributed by atoms with Crippen LogP contribution in [0.3, 0.4) is 0 Å². The molecule has 0 bridgehead atoms. The molecule has 0 aromatic carbocycles. The van der Waals surface area contributed by atoms with Crippen LogP contribution in [0.2, 0.25) is 0 Å². The molecule has 0 unspecified atom stereocenters. The summed E-state index contributed by atoms with van der Waals surface area (Å²) in [5, 5.41) is 9.71. The van der Waals surface area contributed by atoms with Crippen molar-refractivity contribution in [1.29, 1.82) is 0 Å². The molecule has 4 N–H and O–H groups in total. The molecule has 0 spiro atoms. The van der Waals surface area contributed by atoms with Gasteiger partial charge in [-0.2, -0.15) is 5.10 Å². The first-order valence-electron chi connectivity index (χ1n) is 6.49. The molecular weight excluding hydrogens is 230 g/mol. The lowest BCUT2D eigenvalue weighted by Crippen LogP contribution is -2.43. The zero-order valence-corrected chi connectivity index (χ0v) is 10.8. The summed E-state index contributed by atoms with van der Waals surface area (Å²) in [5.74, 6) is 0.588. The number of rotatable bonds is 4. The van der Waals surface area contributed by atoms with Crippen molar-refractivity contribution in [3.8, 4) is 0 Å². The van der Waals surface area contributed by atoms with E-state index in [0.29, 0.717) is 18.4 Å². The maximum absolute atomic E-state index is 11.8. The van der Waals surface area contributed by atoms with E-state index in [4.69, 9.17) is 5.73 Å². The molecule has 100 valence electrons. The molecule has 0 atom stereocenters. The van der Waals surface area contributed by atoms with Crippen LogP contribution in [0.1, 0.15) is 25.5 Å². The van der Waals surface area contributed by atoms with Gasteiger partial charge in [0, 0.05) is 30.9 Å². The van der Waals surface area contributed by atoms with Crippen molar-refractivity contribution in [3.63, 3.8) is 0 Å². The van der Waals surface area contributed by atoms with Crippen molar-refractivity contribution in [3.05, 3.63) is 11.8 Å². The fourth-order valence-electron chi connectivity index (χ4n) is 2.10. The number of piperidine rings is 1. The summed E-state index contributed by atoms with van der Waals surface area (Å²) < 4.78 is 0. The van der Waals surface area contributed by atoms with E-state index in [1.807, 2.05) is 13.0 Å². The molecule has 1 fully saturated rings. The largest absolute Gasteiger partial charge is 0.328 e. The standard InChI is InChI=1S/C12H21N5O/c1-2-10-7-11(16-15-10)14-12(18)8-17-5-3-9(13)4-6-17/h7,9H,2-6,8,13H2,1H3,(H2,14,15,16,18). The van der Waals surface area contributed by atoms with Crippen LogP contribution in [0.15, 0.2) is 6.07 Å². The van der Waals surface area contributed by atoms with Gasteiger partial charge in [-0.1, -0.05) is 6.92 Å². The summed E-state index contributed by atoms with van der Waals surface area (Å²) in [5.41, 5.74) is 6.85. The Morgan fingerprint density at radius 1 is 1.61 bits per heavy atom. The third-order valence-corrected chi connectivity index (χ3v) is 3.28. The third kappa shape index (κ3) is 3.54. The van der Waals surface area contributed by atoms with Crippen LogP contribution in [-0.2, 0) is 11.2 Å². The Balaban J connectivity index is 1.78. The van der Waals surface area contributed by atoms with E-state index in [2.05, 4.69) is 20.4 Å². The number of carbonyl (C=O) groups is 1. The van der Waals surface area contributed by atoms with E-state index in [9.17, 15) is 4.79 Å². The lowest BCUT2D eigenvalue weighted by molar-refractivity contribution is -0.117. The fourth-order valence-corrected chi connectivity index (χ4v) is 2.10. The number of aromatic nitrogens is 2. The Morgan fingerprint density at radius 3 is 2.94 bits per heavy atom. The molecule has 0 saturated carbocycles. The SMILES string of the molecule is CCc1cc(NC(=O)CN2CCC(N)CC2)n[nH]1. The number of hydrogen-bond donors (Lipinski definition) is 3.